The van der Waals surface area contributed by atoms with Crippen molar-refractivity contribution in [2.45, 2.75) is 37.1 Å². The fraction of sp³-hybridized carbons (Fsp3) is 0.429. The molecule has 164 valence electrons. The van der Waals surface area contributed by atoms with E-state index in [0.717, 1.165) is 15.4 Å². The highest BCUT2D eigenvalue weighted by Gasteiger charge is 2.50. The van der Waals surface area contributed by atoms with Crippen molar-refractivity contribution in [2.75, 3.05) is 20.3 Å². The molecule has 0 aliphatic carbocycles. The second-order valence-corrected chi connectivity index (χ2v) is 9.27. The smallest absolute Gasteiger partial charge is 0.393 e. The van der Waals surface area contributed by atoms with E-state index in [9.17, 15) is 21.6 Å². The van der Waals surface area contributed by atoms with Gasteiger partial charge in [0.15, 0.2) is 0 Å². The van der Waals surface area contributed by atoms with Crippen LogP contribution in [0.4, 0.5) is 13.2 Å². The van der Waals surface area contributed by atoms with Gasteiger partial charge in [0.1, 0.15) is 5.75 Å². The van der Waals surface area contributed by atoms with Crippen LogP contribution in [0.1, 0.15) is 17.5 Å². The predicted octanol–water partition coefficient (Wildman–Crippen LogP) is 4.16. The molecule has 2 aromatic carbocycles. The molecule has 2 aromatic rings. The molecule has 0 bridgehead atoms. The molecule has 2 atom stereocenters. The summed E-state index contributed by atoms with van der Waals surface area (Å²) in [6.45, 7) is 1.25. The van der Waals surface area contributed by atoms with Crippen LogP contribution in [0.25, 0.3) is 0 Å². The summed E-state index contributed by atoms with van der Waals surface area (Å²) in [7, 11) is -2.52. The summed E-state index contributed by atoms with van der Waals surface area (Å²) in [5, 5.41) is 0. The maximum Gasteiger partial charge on any atom is 0.393 e. The average molecular weight is 443 g/mol. The number of nitrogens with zero attached hydrogens (tertiary/aromatic N) is 1. The molecule has 0 N–H and O–H groups in total. The third-order valence-corrected chi connectivity index (χ3v) is 7.13. The van der Waals surface area contributed by atoms with E-state index in [1.165, 1.54) is 12.1 Å². The summed E-state index contributed by atoms with van der Waals surface area (Å²) in [6.07, 6.45) is -4.79. The van der Waals surface area contributed by atoms with E-state index in [4.69, 9.17) is 9.47 Å². The summed E-state index contributed by atoms with van der Waals surface area (Å²) >= 11 is 0. The molecule has 3 rings (SSSR count). The first kappa shape index (κ1) is 22.6. The minimum atomic E-state index is -4.47. The highest BCUT2D eigenvalue weighted by Crippen LogP contribution is 2.39. The highest BCUT2D eigenvalue weighted by atomic mass is 32.2. The van der Waals surface area contributed by atoms with Crippen LogP contribution < -0.4 is 4.74 Å². The first-order valence-electron chi connectivity index (χ1n) is 9.47. The number of benzene rings is 2. The second-order valence-electron chi connectivity index (χ2n) is 7.38. The van der Waals surface area contributed by atoms with Crippen molar-refractivity contribution in [2.24, 2.45) is 5.92 Å². The van der Waals surface area contributed by atoms with Gasteiger partial charge in [-0.25, -0.2) is 8.42 Å². The van der Waals surface area contributed by atoms with Gasteiger partial charge in [0.05, 0.1) is 31.1 Å². The normalized spacial score (nSPS) is 20.4. The quantitative estimate of drug-likeness (QED) is 0.645. The Labute approximate surface area is 174 Å². The third kappa shape index (κ3) is 5.14. The topological polar surface area (TPSA) is 55.8 Å². The fourth-order valence-corrected chi connectivity index (χ4v) is 5.12. The maximum absolute atomic E-state index is 13.3. The lowest BCUT2D eigenvalue weighted by molar-refractivity contribution is -0.170. The average Bonchev–Trinajstić information content (AvgIpc) is 3.14. The Kier molecular flexibility index (Phi) is 6.74. The molecule has 30 heavy (non-hydrogen) atoms. The minimum Gasteiger partial charge on any atom is -0.497 e. The Morgan fingerprint density at radius 1 is 1.07 bits per heavy atom. The number of sulfonamides is 1. The number of hydrogen-bond acceptors (Lipinski definition) is 4. The molecule has 0 aromatic heterocycles. The van der Waals surface area contributed by atoms with Gasteiger partial charge < -0.3 is 9.47 Å². The summed E-state index contributed by atoms with van der Waals surface area (Å²) in [5.41, 5.74) is 1.68. The fourth-order valence-electron chi connectivity index (χ4n) is 3.45. The lowest BCUT2D eigenvalue weighted by atomic mass is 10.1. The van der Waals surface area contributed by atoms with Gasteiger partial charge in [0.25, 0.3) is 0 Å². The van der Waals surface area contributed by atoms with Gasteiger partial charge in [-0.2, -0.15) is 17.5 Å². The Morgan fingerprint density at radius 2 is 1.70 bits per heavy atom. The minimum absolute atomic E-state index is 0.0175. The van der Waals surface area contributed by atoms with Gasteiger partial charge in [0, 0.05) is 12.6 Å². The van der Waals surface area contributed by atoms with Crippen LogP contribution in [0.3, 0.4) is 0 Å². The molecule has 1 fully saturated rings. The van der Waals surface area contributed by atoms with Gasteiger partial charge in [-0.05, 0) is 43.2 Å². The van der Waals surface area contributed by atoms with Crippen LogP contribution in [0.5, 0.6) is 5.75 Å². The summed E-state index contributed by atoms with van der Waals surface area (Å²) < 4.78 is 77.7. The van der Waals surface area contributed by atoms with E-state index < -0.39 is 34.7 Å². The monoisotopic (exact) mass is 443 g/mol. The first-order chi connectivity index (χ1) is 14.1. The molecular formula is C21H24F3NO4S. The van der Waals surface area contributed by atoms with Crippen molar-refractivity contribution >= 4 is 10.0 Å². The molecule has 0 saturated carbocycles. The molecule has 1 saturated heterocycles. The molecule has 0 spiro atoms. The highest BCUT2D eigenvalue weighted by molar-refractivity contribution is 7.89. The van der Waals surface area contributed by atoms with E-state index >= 15 is 0 Å². The SMILES string of the molecule is COc1ccc(COC[C@@H]2C[C@@H](C(F)(F)F)CN2S(=O)(=O)c2ccc(C)cc2)cc1. The molecule has 0 radical (unpaired) electrons. The second kappa shape index (κ2) is 8.95. The maximum atomic E-state index is 13.3. The molecule has 9 heteroatoms. The number of halogens is 3. The standard InChI is InChI=1S/C21H24F3NO4S/c1-15-3-9-20(10-4-15)30(26,27)25-12-17(21(22,23)24)11-18(25)14-29-13-16-5-7-19(28-2)8-6-16/h3-10,17-18H,11-14H2,1-2H3/t17-,18+/m1/s1. The Morgan fingerprint density at radius 3 is 2.27 bits per heavy atom. The zero-order valence-corrected chi connectivity index (χ0v) is 17.5. The first-order valence-corrected chi connectivity index (χ1v) is 10.9. The largest absolute Gasteiger partial charge is 0.497 e. The summed E-state index contributed by atoms with van der Waals surface area (Å²) in [6, 6.07) is 12.3. The van der Waals surface area contributed by atoms with Gasteiger partial charge >= 0.3 is 6.18 Å². The molecule has 5 nitrogen and oxygen atoms in total. The number of ether oxygens (including phenoxy) is 2. The zero-order chi connectivity index (χ0) is 21.9. The number of hydrogen-bond donors (Lipinski definition) is 0. The van der Waals surface area contributed by atoms with Crippen molar-refractivity contribution in [3.63, 3.8) is 0 Å². The molecule has 1 aliphatic rings. The van der Waals surface area contributed by atoms with Crippen LogP contribution in [0.15, 0.2) is 53.4 Å². The van der Waals surface area contributed by atoms with E-state index in [1.54, 1.807) is 43.5 Å². The van der Waals surface area contributed by atoms with E-state index in [-0.39, 0.29) is 24.5 Å². The van der Waals surface area contributed by atoms with Gasteiger partial charge in [0.2, 0.25) is 10.0 Å². The summed E-state index contributed by atoms with van der Waals surface area (Å²) in [5.74, 6) is -1.04. The van der Waals surface area contributed by atoms with Gasteiger partial charge in [-0.15, -0.1) is 0 Å². The summed E-state index contributed by atoms with van der Waals surface area (Å²) in [4.78, 5) is -0.0175. The van der Waals surface area contributed by atoms with Crippen LogP contribution in [0.2, 0.25) is 0 Å². The van der Waals surface area contributed by atoms with Crippen LogP contribution in [0, 0.1) is 12.8 Å². The third-order valence-electron chi connectivity index (χ3n) is 5.19. The van der Waals surface area contributed by atoms with Crippen LogP contribution >= 0.6 is 0 Å². The molecule has 0 unspecified atom stereocenters. The molecular weight excluding hydrogens is 419 g/mol. The van der Waals surface area contributed by atoms with Gasteiger partial charge in [-0.3, -0.25) is 0 Å². The Bertz CT molecular complexity index is 944. The van der Waals surface area contributed by atoms with E-state index in [1.807, 2.05) is 6.92 Å². The number of methoxy groups -OCH3 is 1. The number of aryl methyl sites for hydroxylation is 1. The van der Waals surface area contributed by atoms with Crippen molar-refractivity contribution in [3.8, 4) is 5.75 Å². The Hall–Kier alpha value is -2.10. The molecule has 1 aliphatic heterocycles. The van der Waals surface area contributed by atoms with Crippen molar-refractivity contribution in [1.82, 2.24) is 4.31 Å². The number of alkyl halides is 3. The molecule has 1 heterocycles. The van der Waals surface area contributed by atoms with Crippen LogP contribution in [-0.2, 0) is 21.4 Å². The van der Waals surface area contributed by atoms with Crippen molar-refractivity contribution in [3.05, 3.63) is 59.7 Å². The van der Waals surface area contributed by atoms with E-state index in [2.05, 4.69) is 0 Å². The lowest BCUT2D eigenvalue weighted by Gasteiger charge is -2.24. The van der Waals surface area contributed by atoms with E-state index in [0.29, 0.717) is 5.75 Å². The lowest BCUT2D eigenvalue weighted by Crippen LogP contribution is -2.38. The van der Waals surface area contributed by atoms with Gasteiger partial charge in [-0.1, -0.05) is 29.8 Å². The van der Waals surface area contributed by atoms with Crippen LogP contribution in [-0.4, -0.2) is 45.2 Å². The predicted molar refractivity (Wildman–Crippen MR) is 106 cm³/mol. The Balaban J connectivity index is 1.74. The van der Waals surface area contributed by atoms with Crippen molar-refractivity contribution in [1.29, 1.82) is 0 Å². The zero-order valence-electron chi connectivity index (χ0n) is 16.7. The molecule has 0 amide bonds. The van der Waals surface area contributed by atoms with Crippen molar-refractivity contribution < 1.29 is 31.1 Å². The number of rotatable bonds is 7.